The van der Waals surface area contributed by atoms with Gasteiger partial charge in [0.15, 0.2) is 0 Å². The molecule has 0 radical (unpaired) electrons. The molecule has 1 atom stereocenters. The fraction of sp³-hybridized carbons (Fsp3) is 0.250. The van der Waals surface area contributed by atoms with Crippen LogP contribution in [0, 0.1) is 0 Å². The number of esters is 1. The number of benzene rings is 1. The van der Waals surface area contributed by atoms with Gasteiger partial charge in [-0.1, -0.05) is 39.0 Å². The topological polar surface area (TPSA) is 72.6 Å². The predicted molar refractivity (Wildman–Crippen MR) is 117 cm³/mol. The molecule has 6 heteroatoms. The van der Waals surface area contributed by atoms with Crippen molar-refractivity contribution in [2.75, 3.05) is 0 Å². The summed E-state index contributed by atoms with van der Waals surface area (Å²) >= 11 is 1.55. The van der Waals surface area contributed by atoms with E-state index in [4.69, 9.17) is 14.1 Å². The van der Waals surface area contributed by atoms with Crippen LogP contribution in [-0.2, 0) is 10.2 Å². The summed E-state index contributed by atoms with van der Waals surface area (Å²) in [6.07, 6.45) is 2.24. The van der Waals surface area contributed by atoms with Crippen LogP contribution < -0.4 is 4.74 Å². The van der Waals surface area contributed by atoms with Crippen LogP contribution in [0.3, 0.4) is 0 Å². The van der Waals surface area contributed by atoms with E-state index >= 15 is 0 Å². The molecule has 1 aromatic carbocycles. The van der Waals surface area contributed by atoms with Crippen molar-refractivity contribution in [3.05, 3.63) is 71.1 Å². The molecule has 30 heavy (non-hydrogen) atoms. The number of aromatic nitrogens is 1. The van der Waals surface area contributed by atoms with Crippen LogP contribution in [0.2, 0.25) is 0 Å². The number of nitrogens with zero attached hydrogens (tertiary/aromatic N) is 1. The van der Waals surface area contributed by atoms with Gasteiger partial charge in [-0.05, 0) is 23.8 Å². The van der Waals surface area contributed by atoms with Crippen LogP contribution >= 0.6 is 11.3 Å². The molecule has 0 saturated carbocycles. The number of rotatable bonds is 4. The van der Waals surface area contributed by atoms with E-state index in [1.165, 1.54) is 6.92 Å². The fourth-order valence-electron chi connectivity index (χ4n) is 3.44. The maximum atomic E-state index is 11.5. The quantitative estimate of drug-likeness (QED) is 0.332. The molecule has 154 valence electrons. The number of thiazole rings is 1. The zero-order valence-electron chi connectivity index (χ0n) is 17.3. The van der Waals surface area contributed by atoms with Gasteiger partial charge in [-0.15, -0.1) is 11.3 Å². The molecule has 4 rings (SSSR count). The molecular formula is C24H23NO4S. The molecule has 1 N–H and O–H groups in total. The molecule has 0 bridgehead atoms. The molecule has 0 amide bonds. The standard InChI is InChI=1S/C24H23NO4S/c1-14(26)29-19-8-6-5-7-17(19)22(27)21-16-9-10-28-12-15(16)11-18(21)23-25-20(13-30-23)24(2,3)4/h5-13,22,27H,1-4H3. The van der Waals surface area contributed by atoms with E-state index in [1.807, 2.05) is 18.2 Å². The predicted octanol–water partition coefficient (Wildman–Crippen LogP) is 5.81. The van der Waals surface area contributed by atoms with Crippen molar-refractivity contribution in [2.24, 2.45) is 0 Å². The zero-order valence-corrected chi connectivity index (χ0v) is 18.1. The van der Waals surface area contributed by atoms with Gasteiger partial charge in [-0.3, -0.25) is 4.79 Å². The number of hydrogen-bond donors (Lipinski definition) is 1. The van der Waals surface area contributed by atoms with Crippen molar-refractivity contribution in [1.82, 2.24) is 4.98 Å². The van der Waals surface area contributed by atoms with Gasteiger partial charge in [0.1, 0.15) is 16.9 Å². The second-order valence-corrected chi connectivity index (χ2v) is 9.08. The maximum Gasteiger partial charge on any atom is 0.308 e. The molecule has 1 unspecified atom stereocenters. The summed E-state index contributed by atoms with van der Waals surface area (Å²) in [7, 11) is 0. The van der Waals surface area contributed by atoms with Crippen LogP contribution in [0.1, 0.15) is 50.6 Å². The molecule has 5 nitrogen and oxygen atoms in total. The lowest BCUT2D eigenvalue weighted by Crippen LogP contribution is -2.11. The van der Waals surface area contributed by atoms with Crippen molar-refractivity contribution in [3.63, 3.8) is 0 Å². The molecule has 1 aliphatic heterocycles. The number of fused-ring (bicyclic) bond motifs is 1. The Morgan fingerprint density at radius 1 is 1.20 bits per heavy atom. The Hall–Kier alpha value is -2.96. The highest BCUT2D eigenvalue weighted by Crippen LogP contribution is 2.46. The molecular weight excluding hydrogens is 398 g/mol. The average Bonchev–Trinajstić information content (AvgIpc) is 3.32. The summed E-state index contributed by atoms with van der Waals surface area (Å²) in [6.45, 7) is 7.71. The number of carbonyl (C=O) groups is 1. The minimum Gasteiger partial charge on any atom is -0.472 e. The molecule has 1 aliphatic carbocycles. The first kappa shape index (κ1) is 20.3. The third-order valence-corrected chi connectivity index (χ3v) is 5.82. The summed E-state index contributed by atoms with van der Waals surface area (Å²) in [5.74, 6) is -0.0938. The maximum absolute atomic E-state index is 11.5. The molecule has 0 fully saturated rings. The summed E-state index contributed by atoms with van der Waals surface area (Å²) in [6, 6.07) is 10.9. The van der Waals surface area contributed by atoms with E-state index in [0.717, 1.165) is 33.0 Å². The van der Waals surface area contributed by atoms with Crippen molar-refractivity contribution in [2.45, 2.75) is 39.2 Å². The van der Waals surface area contributed by atoms with Gasteiger partial charge in [0, 0.05) is 40.0 Å². The Kier molecular flexibility index (Phi) is 5.22. The lowest BCUT2D eigenvalue weighted by atomic mass is 9.93. The Morgan fingerprint density at radius 2 is 1.97 bits per heavy atom. The Morgan fingerprint density at radius 3 is 2.67 bits per heavy atom. The van der Waals surface area contributed by atoms with E-state index in [1.54, 1.807) is 42.1 Å². The van der Waals surface area contributed by atoms with E-state index in [2.05, 4.69) is 26.2 Å². The Balaban J connectivity index is 1.89. The smallest absolute Gasteiger partial charge is 0.308 e. The zero-order chi connectivity index (χ0) is 21.5. The SMILES string of the molecule is CC(=O)Oc1ccccc1C(O)c1c2ccocc-2cc1-c1nc(C(C)(C)C)cs1. The largest absolute Gasteiger partial charge is 0.472 e. The number of carbonyl (C=O) groups excluding carboxylic acids is 1. The van der Waals surface area contributed by atoms with E-state index in [0.29, 0.717) is 11.3 Å². The first-order valence-corrected chi connectivity index (χ1v) is 10.5. The number of ether oxygens (including phenoxy) is 1. The lowest BCUT2D eigenvalue weighted by Gasteiger charge is -2.17. The van der Waals surface area contributed by atoms with Crippen LogP contribution in [0.5, 0.6) is 5.75 Å². The molecule has 1 aromatic heterocycles. The highest BCUT2D eigenvalue weighted by Gasteiger charge is 2.28. The average molecular weight is 422 g/mol. The summed E-state index contributed by atoms with van der Waals surface area (Å²) in [4.78, 5) is 16.4. The Labute approximate surface area is 179 Å². The van der Waals surface area contributed by atoms with E-state index in [-0.39, 0.29) is 5.41 Å². The second kappa shape index (κ2) is 7.70. The highest BCUT2D eigenvalue weighted by molar-refractivity contribution is 7.13. The van der Waals surface area contributed by atoms with Gasteiger partial charge < -0.3 is 14.3 Å². The summed E-state index contributed by atoms with van der Waals surface area (Å²) in [5, 5.41) is 14.3. The molecule has 2 aliphatic rings. The van der Waals surface area contributed by atoms with Crippen LogP contribution in [0.15, 0.2) is 58.7 Å². The van der Waals surface area contributed by atoms with E-state index < -0.39 is 12.1 Å². The van der Waals surface area contributed by atoms with Crippen LogP contribution in [-0.4, -0.2) is 16.1 Å². The van der Waals surface area contributed by atoms with Gasteiger partial charge >= 0.3 is 5.97 Å². The third kappa shape index (κ3) is 3.76. The molecule has 2 heterocycles. The molecule has 0 spiro atoms. The van der Waals surface area contributed by atoms with Crippen molar-refractivity contribution >= 4 is 17.3 Å². The van der Waals surface area contributed by atoms with Gasteiger partial charge in [-0.2, -0.15) is 0 Å². The Bertz CT molecular complexity index is 1170. The van der Waals surface area contributed by atoms with E-state index in [9.17, 15) is 9.90 Å². The minimum absolute atomic E-state index is 0.0726. The third-order valence-electron chi connectivity index (χ3n) is 4.94. The van der Waals surface area contributed by atoms with Crippen molar-refractivity contribution in [1.29, 1.82) is 0 Å². The number of para-hydroxylation sites is 1. The molecule has 0 saturated heterocycles. The van der Waals surface area contributed by atoms with Crippen molar-refractivity contribution in [3.8, 4) is 27.4 Å². The van der Waals surface area contributed by atoms with Gasteiger partial charge in [0.2, 0.25) is 0 Å². The van der Waals surface area contributed by atoms with Crippen molar-refractivity contribution < 1.29 is 19.1 Å². The highest BCUT2D eigenvalue weighted by atomic mass is 32.1. The normalized spacial score (nSPS) is 12.8. The number of aliphatic hydroxyl groups is 1. The minimum atomic E-state index is -1.00. The fourth-order valence-corrected chi connectivity index (χ4v) is 4.51. The second-order valence-electron chi connectivity index (χ2n) is 8.22. The van der Waals surface area contributed by atoms with Gasteiger partial charge in [0.05, 0.1) is 18.2 Å². The first-order chi connectivity index (χ1) is 14.3. The molecule has 2 aromatic rings. The van der Waals surface area contributed by atoms with Gasteiger partial charge in [0.25, 0.3) is 0 Å². The summed E-state index contributed by atoms with van der Waals surface area (Å²) < 4.78 is 10.7. The monoisotopic (exact) mass is 421 g/mol. The number of hydrogen-bond acceptors (Lipinski definition) is 6. The lowest BCUT2D eigenvalue weighted by molar-refractivity contribution is -0.131. The van der Waals surface area contributed by atoms with Crippen LogP contribution in [0.4, 0.5) is 0 Å². The first-order valence-electron chi connectivity index (χ1n) is 9.66. The van der Waals surface area contributed by atoms with Crippen LogP contribution in [0.25, 0.3) is 21.7 Å². The van der Waals surface area contributed by atoms with Gasteiger partial charge in [-0.25, -0.2) is 4.98 Å². The number of aliphatic hydroxyl groups excluding tert-OH is 1. The summed E-state index contributed by atoms with van der Waals surface area (Å²) in [5.41, 5.74) is 4.75.